The summed E-state index contributed by atoms with van der Waals surface area (Å²) in [4.78, 5) is 23.5. The largest absolute Gasteiger partial charge is 0.330 e. The Kier molecular flexibility index (Phi) is 3.63. The minimum Gasteiger partial charge on any atom is -0.317 e. The molecule has 96 valence electrons. The summed E-state index contributed by atoms with van der Waals surface area (Å²) in [5.41, 5.74) is -0.854. The van der Waals surface area contributed by atoms with Gasteiger partial charge in [-0.05, 0) is 31.8 Å². The van der Waals surface area contributed by atoms with Gasteiger partial charge in [0.1, 0.15) is 11.6 Å². The van der Waals surface area contributed by atoms with Crippen molar-refractivity contribution in [3.05, 3.63) is 32.6 Å². The lowest BCUT2D eigenvalue weighted by molar-refractivity contribution is 0.325. The molecule has 0 unspecified atom stereocenters. The Bertz CT molecular complexity index is 588. The van der Waals surface area contributed by atoms with E-state index in [9.17, 15) is 9.59 Å². The summed E-state index contributed by atoms with van der Waals surface area (Å²) in [5, 5.41) is 12.1. The molecule has 1 N–H and O–H groups in total. The van der Waals surface area contributed by atoms with E-state index in [1.54, 1.807) is 0 Å². The Morgan fingerprint density at radius 1 is 1.44 bits per heavy atom. The first-order valence-electron chi connectivity index (χ1n) is 6.04. The van der Waals surface area contributed by atoms with Crippen LogP contribution in [0, 0.1) is 17.2 Å². The number of nitriles is 1. The van der Waals surface area contributed by atoms with Crippen LogP contribution in [-0.2, 0) is 13.6 Å². The maximum atomic E-state index is 11.9. The van der Waals surface area contributed by atoms with Crippen LogP contribution >= 0.6 is 0 Å². The second-order valence-electron chi connectivity index (χ2n) is 4.65. The summed E-state index contributed by atoms with van der Waals surface area (Å²) in [6.45, 7) is 2.48. The topological polar surface area (TPSA) is 79.8 Å². The maximum Gasteiger partial charge on any atom is 0.330 e. The zero-order valence-electron chi connectivity index (χ0n) is 10.3. The van der Waals surface area contributed by atoms with E-state index in [1.165, 1.54) is 17.8 Å². The molecule has 1 aliphatic rings. The average molecular weight is 248 g/mol. The van der Waals surface area contributed by atoms with Crippen molar-refractivity contribution < 1.29 is 0 Å². The SMILES string of the molecule is Cn1c(=O)c(C#N)cn(CC2CCNCC2)c1=O. The van der Waals surface area contributed by atoms with E-state index in [1.807, 2.05) is 6.07 Å². The van der Waals surface area contributed by atoms with Crippen LogP contribution in [0.1, 0.15) is 18.4 Å². The molecule has 2 heterocycles. The molecule has 0 aliphatic carbocycles. The van der Waals surface area contributed by atoms with Gasteiger partial charge in [-0.3, -0.25) is 13.9 Å². The van der Waals surface area contributed by atoms with E-state index in [4.69, 9.17) is 5.26 Å². The van der Waals surface area contributed by atoms with Crippen LogP contribution in [0.2, 0.25) is 0 Å². The van der Waals surface area contributed by atoms with Gasteiger partial charge in [-0.1, -0.05) is 0 Å². The van der Waals surface area contributed by atoms with E-state index in [0.29, 0.717) is 12.5 Å². The lowest BCUT2D eigenvalue weighted by Gasteiger charge is -2.23. The molecule has 6 nitrogen and oxygen atoms in total. The van der Waals surface area contributed by atoms with Gasteiger partial charge in [0.15, 0.2) is 0 Å². The van der Waals surface area contributed by atoms with Crippen LogP contribution in [0.3, 0.4) is 0 Å². The minimum atomic E-state index is -0.524. The van der Waals surface area contributed by atoms with E-state index in [0.717, 1.165) is 30.5 Å². The Morgan fingerprint density at radius 2 is 2.11 bits per heavy atom. The monoisotopic (exact) mass is 248 g/mol. The zero-order valence-corrected chi connectivity index (χ0v) is 10.3. The fourth-order valence-electron chi connectivity index (χ4n) is 2.28. The number of aromatic nitrogens is 2. The lowest BCUT2D eigenvalue weighted by Crippen LogP contribution is -2.41. The third kappa shape index (κ3) is 2.36. The normalized spacial score (nSPS) is 16.4. The van der Waals surface area contributed by atoms with Crippen molar-refractivity contribution in [1.29, 1.82) is 5.26 Å². The number of nitrogens with zero attached hydrogens (tertiary/aromatic N) is 3. The van der Waals surface area contributed by atoms with Crippen molar-refractivity contribution in [3.8, 4) is 6.07 Å². The predicted molar refractivity (Wildman–Crippen MR) is 66.3 cm³/mol. The van der Waals surface area contributed by atoms with Crippen molar-refractivity contribution in [2.45, 2.75) is 19.4 Å². The van der Waals surface area contributed by atoms with Crippen molar-refractivity contribution in [2.24, 2.45) is 13.0 Å². The second-order valence-corrected chi connectivity index (χ2v) is 4.65. The molecule has 18 heavy (non-hydrogen) atoms. The number of hydrogen-bond donors (Lipinski definition) is 1. The van der Waals surface area contributed by atoms with Crippen LogP contribution in [-0.4, -0.2) is 22.2 Å². The Hall–Kier alpha value is -1.87. The van der Waals surface area contributed by atoms with Crippen molar-refractivity contribution in [2.75, 3.05) is 13.1 Å². The fraction of sp³-hybridized carbons (Fsp3) is 0.583. The Labute approximate surface area is 104 Å². The minimum absolute atomic E-state index is 0.0195. The summed E-state index contributed by atoms with van der Waals surface area (Å²) in [6.07, 6.45) is 3.40. The summed E-state index contributed by atoms with van der Waals surface area (Å²) < 4.78 is 2.48. The molecular formula is C12H16N4O2. The summed E-state index contributed by atoms with van der Waals surface area (Å²) in [5.74, 6) is 0.424. The Balaban J connectivity index is 2.33. The molecule has 1 fully saturated rings. The molecule has 2 rings (SSSR count). The zero-order chi connectivity index (χ0) is 13.1. The van der Waals surface area contributed by atoms with Crippen LogP contribution < -0.4 is 16.6 Å². The van der Waals surface area contributed by atoms with Crippen molar-refractivity contribution in [3.63, 3.8) is 0 Å². The highest BCUT2D eigenvalue weighted by molar-refractivity contribution is 5.22. The molecule has 1 aromatic heterocycles. The van der Waals surface area contributed by atoms with E-state index >= 15 is 0 Å². The molecule has 1 aliphatic heterocycles. The molecule has 0 saturated carbocycles. The van der Waals surface area contributed by atoms with Gasteiger partial charge in [-0.2, -0.15) is 5.26 Å². The third-order valence-electron chi connectivity index (χ3n) is 3.39. The van der Waals surface area contributed by atoms with Gasteiger partial charge in [0.25, 0.3) is 5.56 Å². The predicted octanol–water partition coefficient (Wildman–Crippen LogP) is -0.582. The molecule has 0 spiro atoms. The highest BCUT2D eigenvalue weighted by atomic mass is 16.2. The molecule has 0 amide bonds. The molecule has 0 aromatic carbocycles. The highest BCUT2D eigenvalue weighted by Crippen LogP contribution is 2.12. The fourth-order valence-corrected chi connectivity index (χ4v) is 2.28. The molecule has 6 heteroatoms. The van der Waals surface area contributed by atoms with Crippen LogP contribution in [0.5, 0.6) is 0 Å². The van der Waals surface area contributed by atoms with Gasteiger partial charge in [-0.15, -0.1) is 0 Å². The molecule has 1 aromatic rings. The standard InChI is InChI=1S/C12H16N4O2/c1-15-11(17)10(6-13)8-16(12(15)18)7-9-2-4-14-5-3-9/h8-9,14H,2-5,7H2,1H3. The second kappa shape index (κ2) is 5.19. The molecule has 0 bridgehead atoms. The summed E-state index contributed by atoms with van der Waals surface area (Å²) in [6, 6.07) is 1.84. The molecular weight excluding hydrogens is 232 g/mol. The lowest BCUT2D eigenvalue weighted by atomic mass is 9.98. The van der Waals surface area contributed by atoms with E-state index in [-0.39, 0.29) is 11.3 Å². The van der Waals surface area contributed by atoms with Crippen molar-refractivity contribution in [1.82, 2.24) is 14.5 Å². The first-order chi connectivity index (χ1) is 8.63. The molecule has 1 saturated heterocycles. The van der Waals surface area contributed by atoms with Gasteiger partial charge >= 0.3 is 5.69 Å². The molecule has 0 radical (unpaired) electrons. The summed E-state index contributed by atoms with van der Waals surface area (Å²) in [7, 11) is 1.41. The van der Waals surface area contributed by atoms with Gasteiger partial charge in [-0.25, -0.2) is 4.79 Å². The number of nitrogens with one attached hydrogen (secondary N) is 1. The summed E-state index contributed by atoms with van der Waals surface area (Å²) >= 11 is 0. The third-order valence-corrected chi connectivity index (χ3v) is 3.39. The quantitative estimate of drug-likeness (QED) is 0.759. The number of piperidine rings is 1. The van der Waals surface area contributed by atoms with E-state index in [2.05, 4.69) is 5.32 Å². The maximum absolute atomic E-state index is 11.9. The highest BCUT2D eigenvalue weighted by Gasteiger charge is 2.16. The van der Waals surface area contributed by atoms with Gasteiger partial charge in [0, 0.05) is 19.8 Å². The van der Waals surface area contributed by atoms with Gasteiger partial charge in [0.05, 0.1) is 0 Å². The van der Waals surface area contributed by atoms with Gasteiger partial charge < -0.3 is 5.32 Å². The van der Waals surface area contributed by atoms with Gasteiger partial charge in [0.2, 0.25) is 0 Å². The van der Waals surface area contributed by atoms with E-state index < -0.39 is 5.56 Å². The Morgan fingerprint density at radius 3 is 2.72 bits per heavy atom. The van der Waals surface area contributed by atoms with Crippen LogP contribution in [0.4, 0.5) is 0 Å². The number of hydrogen-bond acceptors (Lipinski definition) is 4. The van der Waals surface area contributed by atoms with Crippen LogP contribution in [0.25, 0.3) is 0 Å². The first-order valence-corrected chi connectivity index (χ1v) is 6.04. The molecule has 0 atom stereocenters. The average Bonchev–Trinajstić information content (AvgIpc) is 2.40. The first kappa shape index (κ1) is 12.6. The smallest absolute Gasteiger partial charge is 0.317 e. The van der Waals surface area contributed by atoms with Crippen LogP contribution in [0.15, 0.2) is 15.8 Å². The van der Waals surface area contributed by atoms with Crippen molar-refractivity contribution >= 4 is 0 Å². The number of rotatable bonds is 2.